The summed E-state index contributed by atoms with van der Waals surface area (Å²) in [5, 5.41) is 24.0. The normalized spacial score (nSPS) is 9.78. The third-order valence-electron chi connectivity index (χ3n) is 5.21. The van der Waals surface area contributed by atoms with E-state index in [4.69, 9.17) is 10.2 Å². The van der Waals surface area contributed by atoms with Crippen LogP contribution in [-0.2, 0) is 34.8 Å². The number of aryl methyl sites for hydroxylation is 4. The fourth-order valence-corrected chi connectivity index (χ4v) is 3.43. The van der Waals surface area contributed by atoms with Crippen molar-refractivity contribution in [3.05, 3.63) is 70.6 Å². The minimum atomic E-state index is 0. The van der Waals surface area contributed by atoms with Crippen molar-refractivity contribution < 1.29 is 37.0 Å². The molecule has 0 heterocycles. The van der Waals surface area contributed by atoms with Gasteiger partial charge in [-0.25, -0.2) is 0 Å². The van der Waals surface area contributed by atoms with Crippen molar-refractivity contribution in [2.75, 3.05) is 41.4 Å². The number of aliphatic hydroxyl groups excluding tert-OH is 2. The molecule has 0 amide bonds. The molecule has 2 aromatic rings. The maximum absolute atomic E-state index is 10.0. The van der Waals surface area contributed by atoms with Gasteiger partial charge in [-0.2, -0.15) is 0 Å². The predicted octanol–water partition coefficient (Wildman–Crippen LogP) is 4.16. The third-order valence-corrected chi connectivity index (χ3v) is 5.21. The smallest absolute Gasteiger partial charge is 0.121 e. The molecule has 0 aromatic heterocycles. The summed E-state index contributed by atoms with van der Waals surface area (Å²) in [7, 11) is 6.24. The van der Waals surface area contributed by atoms with E-state index in [9.17, 15) is 5.11 Å². The number of aromatic hydroxyl groups is 1. The molecule has 0 spiro atoms. The molecule has 0 atom stereocenters. The van der Waals surface area contributed by atoms with E-state index >= 15 is 0 Å². The molecular formula is C26H45N2O3Ti-. The van der Waals surface area contributed by atoms with E-state index in [-0.39, 0.29) is 29.1 Å². The molecule has 6 heteroatoms. The van der Waals surface area contributed by atoms with Crippen LogP contribution >= 0.6 is 0 Å². The quantitative estimate of drug-likeness (QED) is 0.409. The number of phenolic OH excluding ortho intramolecular Hbond substituents is 1. The van der Waals surface area contributed by atoms with Crippen molar-refractivity contribution in [3.63, 3.8) is 0 Å². The summed E-state index contributed by atoms with van der Waals surface area (Å²) in [6.07, 6.45) is 0. The first-order chi connectivity index (χ1) is 14.2. The Morgan fingerprint density at radius 1 is 0.656 bits per heavy atom. The Balaban J connectivity index is -0.00000132. The van der Waals surface area contributed by atoms with Gasteiger partial charge in [0.2, 0.25) is 0 Å². The number of phenols is 1. The molecular weight excluding hydrogens is 436 g/mol. The van der Waals surface area contributed by atoms with Crippen LogP contribution in [-0.4, -0.2) is 66.5 Å². The minimum absolute atomic E-state index is 0. The molecule has 2 rings (SSSR count). The van der Waals surface area contributed by atoms with Gasteiger partial charge < -0.3 is 27.6 Å². The number of likely N-dealkylation sites (N-methyl/N-ethyl adjacent to an activating group) is 1. The predicted molar refractivity (Wildman–Crippen MR) is 134 cm³/mol. The monoisotopic (exact) mass is 481 g/mol. The van der Waals surface area contributed by atoms with Crippen LogP contribution in [0.1, 0.15) is 38.9 Å². The molecule has 0 radical (unpaired) electrons. The molecule has 5 nitrogen and oxygen atoms in total. The van der Waals surface area contributed by atoms with Gasteiger partial charge in [0.1, 0.15) is 5.75 Å². The SMILES string of the molecule is CO.CO.Cc1cc(CN(CCN(C)C)Cc2cc(C)c(O)c(C)c2)cc(C)c1C.[CH3-].[Ti]. The molecule has 0 unspecified atom stereocenters. The van der Waals surface area contributed by atoms with E-state index < -0.39 is 0 Å². The first kappa shape index (κ1) is 35.4. The Labute approximate surface area is 212 Å². The Hall–Kier alpha value is -1.21. The van der Waals surface area contributed by atoms with Crippen molar-refractivity contribution in [2.24, 2.45) is 0 Å². The first-order valence-corrected chi connectivity index (χ1v) is 10.3. The number of hydrogen-bond acceptors (Lipinski definition) is 5. The van der Waals surface area contributed by atoms with Gasteiger partial charge in [-0.05, 0) is 87.7 Å². The standard InChI is InChI=1S/C23H34N2O.2CH4O.CH3.Ti/c1-16-10-21(11-17(2)20(16)5)14-25(9-8-24(6)7)15-22-12-18(3)23(26)19(4)13-22;2*1-2;;/h10-13,26H,8-9,14-15H2,1-7H3;2*2H,1H3;1H3;/q;;;-1;. The van der Waals surface area contributed by atoms with Crippen LogP contribution in [0.25, 0.3) is 0 Å². The molecule has 182 valence electrons. The fraction of sp³-hybridized carbons (Fsp3) is 0.500. The Bertz CT molecular complexity index is 674. The van der Waals surface area contributed by atoms with Gasteiger partial charge in [0.05, 0.1) is 0 Å². The summed E-state index contributed by atoms with van der Waals surface area (Å²) in [4.78, 5) is 4.72. The van der Waals surface area contributed by atoms with Gasteiger partial charge in [0, 0.05) is 62.1 Å². The molecule has 0 aliphatic carbocycles. The van der Waals surface area contributed by atoms with Crippen LogP contribution in [0, 0.1) is 42.0 Å². The molecule has 0 saturated carbocycles. The molecule has 2 aromatic carbocycles. The van der Waals surface area contributed by atoms with Gasteiger partial charge in [0.25, 0.3) is 0 Å². The van der Waals surface area contributed by atoms with E-state index in [1.54, 1.807) is 0 Å². The van der Waals surface area contributed by atoms with E-state index in [0.29, 0.717) is 5.75 Å². The van der Waals surface area contributed by atoms with Gasteiger partial charge in [0.15, 0.2) is 0 Å². The number of nitrogens with zero attached hydrogens (tertiary/aromatic N) is 2. The Morgan fingerprint density at radius 2 is 1.00 bits per heavy atom. The van der Waals surface area contributed by atoms with Crippen molar-refractivity contribution in [3.8, 4) is 5.75 Å². The first-order valence-electron chi connectivity index (χ1n) is 10.3. The summed E-state index contributed by atoms with van der Waals surface area (Å²) in [5.74, 6) is 0.415. The maximum Gasteiger partial charge on any atom is 0.121 e. The van der Waals surface area contributed by atoms with Gasteiger partial charge in [-0.15, -0.1) is 0 Å². The number of benzene rings is 2. The van der Waals surface area contributed by atoms with Crippen LogP contribution in [0.3, 0.4) is 0 Å². The van der Waals surface area contributed by atoms with Crippen LogP contribution in [0.4, 0.5) is 0 Å². The van der Waals surface area contributed by atoms with Crippen molar-refractivity contribution in [1.82, 2.24) is 9.80 Å². The van der Waals surface area contributed by atoms with E-state index in [2.05, 4.69) is 68.9 Å². The van der Waals surface area contributed by atoms with E-state index in [1.807, 2.05) is 13.8 Å². The van der Waals surface area contributed by atoms with Gasteiger partial charge in [-0.3, -0.25) is 4.90 Å². The maximum atomic E-state index is 10.0. The Kier molecular flexibility index (Phi) is 20.2. The third kappa shape index (κ3) is 11.6. The van der Waals surface area contributed by atoms with Crippen LogP contribution in [0.15, 0.2) is 24.3 Å². The second-order valence-corrected chi connectivity index (χ2v) is 7.95. The van der Waals surface area contributed by atoms with Crippen LogP contribution in [0.2, 0.25) is 0 Å². The molecule has 32 heavy (non-hydrogen) atoms. The topological polar surface area (TPSA) is 67.2 Å². The molecule has 3 N–H and O–H groups in total. The summed E-state index contributed by atoms with van der Waals surface area (Å²) in [6.45, 7) is 14.4. The summed E-state index contributed by atoms with van der Waals surface area (Å²) >= 11 is 0. The molecule has 0 aliphatic rings. The second-order valence-electron chi connectivity index (χ2n) is 7.95. The fourth-order valence-electron chi connectivity index (χ4n) is 3.43. The average Bonchev–Trinajstić information content (AvgIpc) is 2.71. The van der Waals surface area contributed by atoms with E-state index in [0.717, 1.165) is 51.5 Å². The number of aliphatic hydroxyl groups is 2. The van der Waals surface area contributed by atoms with Crippen molar-refractivity contribution in [2.45, 2.75) is 47.7 Å². The van der Waals surface area contributed by atoms with Crippen LogP contribution in [0.5, 0.6) is 5.75 Å². The Morgan fingerprint density at radius 3 is 1.34 bits per heavy atom. The molecule has 0 aliphatic heterocycles. The zero-order chi connectivity index (χ0) is 23.4. The zero-order valence-electron chi connectivity index (χ0n) is 21.9. The van der Waals surface area contributed by atoms with Crippen molar-refractivity contribution >= 4 is 0 Å². The number of hydrogen-bond donors (Lipinski definition) is 3. The molecule has 0 fully saturated rings. The second kappa shape index (κ2) is 18.2. The summed E-state index contributed by atoms with van der Waals surface area (Å²) < 4.78 is 0. The zero-order valence-corrected chi connectivity index (χ0v) is 23.4. The molecule has 0 bridgehead atoms. The van der Waals surface area contributed by atoms with E-state index in [1.165, 1.54) is 27.8 Å². The average molecular weight is 482 g/mol. The van der Waals surface area contributed by atoms with Gasteiger partial charge >= 0.3 is 0 Å². The largest absolute Gasteiger partial charge is 0.507 e. The van der Waals surface area contributed by atoms with Crippen molar-refractivity contribution in [1.29, 1.82) is 0 Å². The molecule has 0 saturated heterocycles. The minimum Gasteiger partial charge on any atom is -0.507 e. The summed E-state index contributed by atoms with van der Waals surface area (Å²) in [6, 6.07) is 8.85. The summed E-state index contributed by atoms with van der Waals surface area (Å²) in [5.41, 5.74) is 8.66. The van der Waals surface area contributed by atoms with Crippen LogP contribution < -0.4 is 0 Å². The number of rotatable bonds is 7. The van der Waals surface area contributed by atoms with Gasteiger partial charge in [-0.1, -0.05) is 24.3 Å².